The van der Waals surface area contributed by atoms with Crippen molar-refractivity contribution >= 4 is 53.6 Å². The molecule has 0 aliphatic rings. The first-order valence-electron chi connectivity index (χ1n) is 8.11. The number of rotatable bonds is 12. The zero-order valence-electron chi connectivity index (χ0n) is 15.5. The molecule has 156 valence electrons. The summed E-state index contributed by atoms with van der Waals surface area (Å²) in [7, 11) is -4.62. The first-order valence-corrected chi connectivity index (χ1v) is 15.0. The van der Waals surface area contributed by atoms with Gasteiger partial charge in [-0.1, -0.05) is 39.8 Å². The fourth-order valence-corrected chi connectivity index (χ4v) is 7.03. The average Bonchev–Trinajstić information content (AvgIpc) is 2.49. The molecule has 11 heteroatoms. The van der Waals surface area contributed by atoms with Crippen molar-refractivity contribution in [2.45, 2.75) is 37.2 Å². The minimum atomic E-state index is -4.07. The summed E-state index contributed by atoms with van der Waals surface area (Å²) in [5, 5.41) is 0. The number of benzene rings is 1. The molecule has 0 aromatic heterocycles. The van der Waals surface area contributed by atoms with Crippen molar-refractivity contribution in [2.24, 2.45) is 0 Å². The number of hydrogen-bond acceptors (Lipinski definition) is 7. The highest BCUT2D eigenvalue weighted by molar-refractivity contribution is 8.77. The summed E-state index contributed by atoms with van der Waals surface area (Å²) in [6.07, 6.45) is 2.32. The Bertz CT molecular complexity index is 763. The Labute approximate surface area is 174 Å². The van der Waals surface area contributed by atoms with Gasteiger partial charge in [-0.05, 0) is 49.6 Å². The van der Waals surface area contributed by atoms with E-state index in [0.717, 1.165) is 11.3 Å². The molecule has 1 rings (SSSR count). The van der Waals surface area contributed by atoms with E-state index in [-0.39, 0.29) is 17.6 Å². The highest BCUT2D eigenvalue weighted by Crippen LogP contribution is 2.36. The van der Waals surface area contributed by atoms with Gasteiger partial charge in [0, 0.05) is 16.3 Å². The fraction of sp³-hybridized carbons (Fsp3) is 0.625. The molecule has 6 nitrogen and oxygen atoms in total. The van der Waals surface area contributed by atoms with Crippen molar-refractivity contribution in [1.29, 1.82) is 0 Å². The van der Waals surface area contributed by atoms with Crippen LogP contribution in [0, 0.1) is 0 Å². The van der Waals surface area contributed by atoms with Crippen LogP contribution in [0.5, 0.6) is 0 Å². The molecule has 1 aromatic carbocycles. The van der Waals surface area contributed by atoms with Crippen molar-refractivity contribution in [2.75, 3.05) is 23.5 Å². The Morgan fingerprint density at radius 2 is 1.33 bits per heavy atom. The Kier molecular flexibility index (Phi) is 10.0. The van der Waals surface area contributed by atoms with E-state index in [1.54, 1.807) is 39.4 Å². The minimum absolute atomic E-state index is 0.112. The molecule has 0 aliphatic heterocycles. The van der Waals surface area contributed by atoms with Crippen molar-refractivity contribution < 1.29 is 25.9 Å². The molecule has 0 radical (unpaired) electrons. The van der Waals surface area contributed by atoms with Crippen molar-refractivity contribution in [3.63, 3.8) is 0 Å². The van der Waals surface area contributed by atoms with Gasteiger partial charge in [0.2, 0.25) is 0 Å². The Hall–Kier alpha value is 0.0900. The summed E-state index contributed by atoms with van der Waals surface area (Å²) >= 11 is 1.75. The lowest BCUT2D eigenvalue weighted by Crippen LogP contribution is -2.16. The summed E-state index contributed by atoms with van der Waals surface area (Å²) in [5.74, 6) is 0.850. The fourth-order valence-electron chi connectivity index (χ4n) is 2.37. The smallest absolute Gasteiger partial charge is 0.265 e. The van der Waals surface area contributed by atoms with Gasteiger partial charge in [-0.3, -0.25) is 9.11 Å². The number of hydrogen-bond donors (Lipinski definition) is 2. The van der Waals surface area contributed by atoms with Gasteiger partial charge in [-0.2, -0.15) is 28.6 Å². The largest absolute Gasteiger partial charge is 0.286 e. The topological polar surface area (TPSA) is 109 Å². The lowest BCUT2D eigenvalue weighted by atomic mass is 10.0. The van der Waals surface area contributed by atoms with E-state index in [1.807, 2.05) is 18.4 Å². The van der Waals surface area contributed by atoms with Gasteiger partial charge in [0.1, 0.15) is 0 Å². The van der Waals surface area contributed by atoms with Crippen molar-refractivity contribution in [3.8, 4) is 0 Å². The molecule has 1 aromatic rings. The molecule has 0 spiro atoms. The molecule has 0 amide bonds. The molecule has 0 saturated carbocycles. The van der Waals surface area contributed by atoms with E-state index in [4.69, 9.17) is 9.11 Å². The van der Waals surface area contributed by atoms with Gasteiger partial charge in [-0.25, -0.2) is 0 Å². The van der Waals surface area contributed by atoms with E-state index in [1.165, 1.54) is 0 Å². The van der Waals surface area contributed by atoms with E-state index < -0.39 is 31.7 Å². The van der Waals surface area contributed by atoms with Crippen LogP contribution in [-0.2, 0) is 38.8 Å². The van der Waals surface area contributed by atoms with Crippen molar-refractivity contribution in [3.05, 3.63) is 34.9 Å². The predicted molar refractivity (Wildman–Crippen MR) is 118 cm³/mol. The van der Waals surface area contributed by atoms with Gasteiger partial charge in [0.05, 0.1) is 11.5 Å². The summed E-state index contributed by atoms with van der Waals surface area (Å²) in [6.45, 7) is 4.34. The summed E-state index contributed by atoms with van der Waals surface area (Å²) in [4.78, 5) is 0. The predicted octanol–water partition coefficient (Wildman–Crippen LogP) is 3.57. The molecule has 2 N–H and O–H groups in total. The van der Waals surface area contributed by atoms with Crippen LogP contribution in [0.1, 0.15) is 30.5 Å². The molecular formula is C16H26O6S5. The van der Waals surface area contributed by atoms with Crippen LogP contribution in [0.15, 0.2) is 18.2 Å². The van der Waals surface area contributed by atoms with Crippen LogP contribution >= 0.6 is 33.3 Å². The standard InChI is InChI=1S/C16H26O6S5/c1-16(2,25-23-3)12-24-11-15-9-13(4-6-26(17,18)19)8-14(10-15)5-7-27(20,21)22/h8-10H,4-7,11-12H2,1-3H3,(H,17,18,19)(H,20,21,22). The van der Waals surface area contributed by atoms with E-state index in [2.05, 4.69) is 13.8 Å². The van der Waals surface area contributed by atoms with E-state index >= 15 is 0 Å². The quantitative estimate of drug-likeness (QED) is 0.347. The molecular weight excluding hydrogens is 449 g/mol. The second kappa shape index (κ2) is 10.7. The third-order valence-electron chi connectivity index (χ3n) is 3.44. The highest BCUT2D eigenvalue weighted by atomic mass is 33.1. The Balaban J connectivity index is 2.89. The Morgan fingerprint density at radius 3 is 1.74 bits per heavy atom. The van der Waals surface area contributed by atoms with Crippen molar-refractivity contribution in [1.82, 2.24) is 0 Å². The molecule has 27 heavy (non-hydrogen) atoms. The maximum atomic E-state index is 11.0. The van der Waals surface area contributed by atoms with Gasteiger partial charge in [0.25, 0.3) is 20.2 Å². The molecule has 0 bridgehead atoms. The SMILES string of the molecule is CSSC(C)(C)CSCc1cc(CCS(=O)(=O)O)cc(CCS(=O)(=O)O)c1. The monoisotopic (exact) mass is 474 g/mol. The third kappa shape index (κ3) is 12.3. The average molecular weight is 475 g/mol. The third-order valence-corrected chi connectivity index (χ3v) is 9.14. The molecule has 0 fully saturated rings. The zero-order chi connectivity index (χ0) is 20.7. The lowest BCUT2D eigenvalue weighted by Gasteiger charge is -2.22. The van der Waals surface area contributed by atoms with Crippen LogP contribution in [0.25, 0.3) is 0 Å². The van der Waals surface area contributed by atoms with E-state index in [0.29, 0.717) is 16.9 Å². The highest BCUT2D eigenvalue weighted by Gasteiger charge is 2.18. The second-order valence-corrected chi connectivity index (χ2v) is 14.0. The first-order chi connectivity index (χ1) is 12.3. The second-order valence-electron chi connectivity index (χ2n) is 6.73. The lowest BCUT2D eigenvalue weighted by molar-refractivity contribution is 0.480. The van der Waals surface area contributed by atoms with Gasteiger partial charge in [0.15, 0.2) is 0 Å². The number of thioether (sulfide) groups is 1. The maximum absolute atomic E-state index is 11.0. The minimum Gasteiger partial charge on any atom is -0.286 e. The summed E-state index contributed by atoms with van der Waals surface area (Å²) < 4.78 is 62.1. The molecule has 0 unspecified atom stereocenters. The van der Waals surface area contributed by atoms with Gasteiger partial charge in [-0.15, -0.1) is 0 Å². The maximum Gasteiger partial charge on any atom is 0.265 e. The van der Waals surface area contributed by atoms with Crippen LogP contribution in [0.3, 0.4) is 0 Å². The number of aryl methyl sites for hydroxylation is 2. The Morgan fingerprint density at radius 1 is 0.889 bits per heavy atom. The summed E-state index contributed by atoms with van der Waals surface area (Å²) in [5.41, 5.74) is 2.39. The van der Waals surface area contributed by atoms with Crippen LogP contribution in [0.2, 0.25) is 0 Å². The van der Waals surface area contributed by atoms with Gasteiger partial charge >= 0.3 is 0 Å². The van der Waals surface area contributed by atoms with Crippen LogP contribution < -0.4 is 0 Å². The van der Waals surface area contributed by atoms with E-state index in [9.17, 15) is 16.8 Å². The normalized spacial score (nSPS) is 13.1. The molecule has 0 aliphatic carbocycles. The molecule has 0 heterocycles. The summed E-state index contributed by atoms with van der Waals surface area (Å²) in [6, 6.07) is 5.48. The molecule has 0 saturated heterocycles. The molecule has 0 atom stereocenters. The first kappa shape index (κ1) is 25.1. The zero-order valence-corrected chi connectivity index (χ0v) is 19.6. The van der Waals surface area contributed by atoms with Crippen LogP contribution in [0.4, 0.5) is 0 Å². The van der Waals surface area contributed by atoms with Crippen LogP contribution in [-0.4, -0.2) is 54.2 Å². The van der Waals surface area contributed by atoms with Gasteiger partial charge < -0.3 is 0 Å².